The fourth-order valence-corrected chi connectivity index (χ4v) is 7.55. The number of benzene rings is 1. The summed E-state index contributed by atoms with van der Waals surface area (Å²) in [5.74, 6) is 2.74. The molecule has 4 aliphatic carbocycles. The predicted octanol–water partition coefficient (Wildman–Crippen LogP) is 5.37. The van der Waals surface area contributed by atoms with Crippen LogP contribution in [0, 0.1) is 28.6 Å². The van der Waals surface area contributed by atoms with Crippen LogP contribution < -0.4 is 4.74 Å². The summed E-state index contributed by atoms with van der Waals surface area (Å²) in [6, 6.07) is 8.14. The summed E-state index contributed by atoms with van der Waals surface area (Å²) in [5.41, 5.74) is 4.08. The SMILES string of the molecule is COc1ccc(/C=C2/C[C@@H]3[C@H]4CC=C5C[C@@H](O)CC[C@]5(C)[C@@H]4CC[C@]3(C)[C@H]2O)cc1. The first-order valence-corrected chi connectivity index (χ1v) is 11.8. The second-order valence-corrected chi connectivity index (χ2v) is 10.8. The van der Waals surface area contributed by atoms with Gasteiger partial charge in [0.2, 0.25) is 0 Å². The molecule has 0 saturated heterocycles. The van der Waals surface area contributed by atoms with Crippen LogP contribution in [0.1, 0.15) is 64.4 Å². The molecule has 1 aromatic rings. The van der Waals surface area contributed by atoms with Gasteiger partial charge >= 0.3 is 0 Å². The Hall–Kier alpha value is -1.58. The van der Waals surface area contributed by atoms with Crippen molar-refractivity contribution in [3.63, 3.8) is 0 Å². The van der Waals surface area contributed by atoms with Crippen LogP contribution in [0.15, 0.2) is 41.5 Å². The zero-order chi connectivity index (χ0) is 21.1. The number of allylic oxidation sites excluding steroid dienone is 1. The Kier molecular flexibility index (Phi) is 4.91. The number of aliphatic hydroxyl groups is 2. The molecule has 3 nitrogen and oxygen atoms in total. The standard InChI is InChI=1S/C27H36O3/c1-26-12-10-20(28)16-19(26)6-9-22-23(26)11-13-27(2)24(22)15-18(25(27)29)14-17-4-7-21(30-3)8-5-17/h4-8,14,20,22-25,28-29H,9-13,15-16H2,1-3H3/b18-14-/t20-,22-,23+,24+,25-,26-,27-/m0/s1. The fraction of sp³-hybridized carbons (Fsp3) is 0.630. The molecule has 162 valence electrons. The highest BCUT2D eigenvalue weighted by Crippen LogP contribution is 2.65. The Balaban J connectivity index is 1.44. The van der Waals surface area contributed by atoms with Crippen LogP contribution in [0.3, 0.4) is 0 Å². The average Bonchev–Trinajstić information content (AvgIpc) is 3.00. The van der Waals surface area contributed by atoms with Crippen LogP contribution in [0.5, 0.6) is 5.75 Å². The molecule has 3 heteroatoms. The Morgan fingerprint density at radius 2 is 1.77 bits per heavy atom. The van der Waals surface area contributed by atoms with Gasteiger partial charge in [0.15, 0.2) is 0 Å². The average molecular weight is 409 g/mol. The Morgan fingerprint density at radius 3 is 2.50 bits per heavy atom. The minimum absolute atomic E-state index is 0.0185. The van der Waals surface area contributed by atoms with Crippen molar-refractivity contribution in [1.82, 2.24) is 0 Å². The molecule has 7 atom stereocenters. The van der Waals surface area contributed by atoms with Gasteiger partial charge in [-0.2, -0.15) is 0 Å². The lowest BCUT2D eigenvalue weighted by Crippen LogP contribution is -2.51. The minimum atomic E-state index is -0.350. The highest BCUT2D eigenvalue weighted by molar-refractivity contribution is 5.56. The summed E-state index contributed by atoms with van der Waals surface area (Å²) >= 11 is 0. The minimum Gasteiger partial charge on any atom is -0.497 e. The first-order valence-electron chi connectivity index (χ1n) is 11.8. The largest absolute Gasteiger partial charge is 0.497 e. The smallest absolute Gasteiger partial charge is 0.118 e. The molecule has 0 bridgehead atoms. The summed E-state index contributed by atoms with van der Waals surface area (Å²) in [7, 11) is 1.69. The van der Waals surface area contributed by atoms with Crippen molar-refractivity contribution in [3.05, 3.63) is 47.1 Å². The van der Waals surface area contributed by atoms with Crippen LogP contribution in [-0.4, -0.2) is 29.5 Å². The van der Waals surface area contributed by atoms with E-state index in [9.17, 15) is 10.2 Å². The van der Waals surface area contributed by atoms with E-state index in [1.54, 1.807) is 7.11 Å². The predicted molar refractivity (Wildman–Crippen MR) is 120 cm³/mol. The molecule has 0 aromatic heterocycles. The molecule has 3 saturated carbocycles. The number of aliphatic hydroxyl groups excluding tert-OH is 2. The third-order valence-corrected chi connectivity index (χ3v) is 9.41. The molecule has 0 unspecified atom stereocenters. The quantitative estimate of drug-likeness (QED) is 0.647. The van der Waals surface area contributed by atoms with Gasteiger partial charge < -0.3 is 14.9 Å². The molecular formula is C27H36O3. The Labute approximate surface area is 180 Å². The van der Waals surface area contributed by atoms with Crippen molar-refractivity contribution >= 4 is 6.08 Å². The lowest BCUT2D eigenvalue weighted by atomic mass is 9.48. The van der Waals surface area contributed by atoms with Crippen LogP contribution >= 0.6 is 0 Å². The molecule has 2 N–H and O–H groups in total. The highest BCUT2D eigenvalue weighted by Gasteiger charge is 2.59. The van der Waals surface area contributed by atoms with Crippen molar-refractivity contribution in [2.24, 2.45) is 28.6 Å². The maximum atomic E-state index is 11.4. The van der Waals surface area contributed by atoms with E-state index in [2.05, 4.69) is 38.1 Å². The molecule has 5 rings (SSSR count). The zero-order valence-corrected chi connectivity index (χ0v) is 18.6. The number of fused-ring (bicyclic) bond motifs is 5. The van der Waals surface area contributed by atoms with Crippen LogP contribution in [0.25, 0.3) is 6.08 Å². The number of rotatable bonds is 2. The van der Waals surface area contributed by atoms with Gasteiger partial charge in [-0.15, -0.1) is 0 Å². The molecule has 0 radical (unpaired) electrons. The lowest BCUT2D eigenvalue weighted by Gasteiger charge is -2.57. The van der Waals surface area contributed by atoms with Crippen LogP contribution in [0.2, 0.25) is 0 Å². The summed E-state index contributed by atoms with van der Waals surface area (Å²) in [5, 5.41) is 21.6. The Bertz CT molecular complexity index is 869. The third kappa shape index (κ3) is 3.00. The second-order valence-electron chi connectivity index (χ2n) is 10.8. The first kappa shape index (κ1) is 20.3. The fourth-order valence-electron chi connectivity index (χ4n) is 7.55. The molecule has 0 heterocycles. The first-order chi connectivity index (χ1) is 14.3. The van der Waals surface area contributed by atoms with Crippen molar-refractivity contribution < 1.29 is 14.9 Å². The van der Waals surface area contributed by atoms with E-state index in [-0.39, 0.29) is 23.0 Å². The van der Waals surface area contributed by atoms with E-state index in [1.165, 1.54) is 17.6 Å². The monoisotopic (exact) mass is 408 g/mol. The third-order valence-electron chi connectivity index (χ3n) is 9.41. The summed E-state index contributed by atoms with van der Waals surface area (Å²) in [6.45, 7) is 4.79. The van der Waals surface area contributed by atoms with Gasteiger partial charge in [0.05, 0.1) is 19.3 Å². The molecule has 0 amide bonds. The molecular weight excluding hydrogens is 372 g/mol. The van der Waals surface area contributed by atoms with Gasteiger partial charge in [0.1, 0.15) is 5.75 Å². The molecule has 0 aliphatic heterocycles. The van der Waals surface area contributed by atoms with Gasteiger partial charge in [-0.25, -0.2) is 0 Å². The molecule has 3 fully saturated rings. The van der Waals surface area contributed by atoms with E-state index < -0.39 is 0 Å². The van der Waals surface area contributed by atoms with Crippen molar-refractivity contribution in [3.8, 4) is 5.75 Å². The molecule has 0 spiro atoms. The van der Waals surface area contributed by atoms with E-state index in [0.29, 0.717) is 17.8 Å². The molecule has 4 aliphatic rings. The van der Waals surface area contributed by atoms with Crippen LogP contribution in [0.4, 0.5) is 0 Å². The Morgan fingerprint density at radius 1 is 1.00 bits per heavy atom. The van der Waals surface area contributed by atoms with Gasteiger partial charge in [-0.1, -0.05) is 43.7 Å². The highest BCUT2D eigenvalue weighted by atomic mass is 16.5. The zero-order valence-electron chi connectivity index (χ0n) is 18.6. The number of ether oxygens (including phenoxy) is 1. The van der Waals surface area contributed by atoms with Crippen molar-refractivity contribution in [2.45, 2.75) is 71.0 Å². The van der Waals surface area contributed by atoms with Gasteiger partial charge in [0.25, 0.3) is 0 Å². The molecule has 30 heavy (non-hydrogen) atoms. The summed E-state index contributed by atoms with van der Waals surface area (Å²) in [4.78, 5) is 0. The summed E-state index contributed by atoms with van der Waals surface area (Å²) in [6.07, 6.45) is 11.5. The van der Waals surface area contributed by atoms with E-state index in [4.69, 9.17) is 4.74 Å². The van der Waals surface area contributed by atoms with E-state index in [0.717, 1.165) is 49.8 Å². The van der Waals surface area contributed by atoms with Gasteiger partial charge in [-0.05, 0) is 91.4 Å². The van der Waals surface area contributed by atoms with Crippen LogP contribution in [-0.2, 0) is 0 Å². The summed E-state index contributed by atoms with van der Waals surface area (Å²) < 4.78 is 5.28. The normalized spacial score (nSPS) is 44.1. The lowest BCUT2D eigenvalue weighted by molar-refractivity contribution is -0.0685. The van der Waals surface area contributed by atoms with Gasteiger partial charge in [-0.3, -0.25) is 0 Å². The number of hydrogen-bond donors (Lipinski definition) is 2. The van der Waals surface area contributed by atoms with E-state index in [1.807, 2.05) is 12.1 Å². The molecule has 1 aromatic carbocycles. The second kappa shape index (κ2) is 7.24. The van der Waals surface area contributed by atoms with Gasteiger partial charge in [0, 0.05) is 5.41 Å². The van der Waals surface area contributed by atoms with Crippen molar-refractivity contribution in [2.75, 3.05) is 7.11 Å². The maximum absolute atomic E-state index is 11.4. The number of methoxy groups -OCH3 is 1. The van der Waals surface area contributed by atoms with E-state index >= 15 is 0 Å². The maximum Gasteiger partial charge on any atom is 0.118 e. The van der Waals surface area contributed by atoms with Crippen molar-refractivity contribution in [1.29, 1.82) is 0 Å². The number of hydrogen-bond acceptors (Lipinski definition) is 3. The topological polar surface area (TPSA) is 49.7 Å².